The van der Waals surface area contributed by atoms with Crippen molar-refractivity contribution in [1.29, 1.82) is 0 Å². The van der Waals surface area contributed by atoms with Crippen molar-refractivity contribution in [3.05, 3.63) is 54.6 Å². The Balaban J connectivity index is 1.86. The van der Waals surface area contributed by atoms with Gasteiger partial charge in [0.1, 0.15) is 11.5 Å². The third-order valence-electron chi connectivity index (χ3n) is 3.45. The van der Waals surface area contributed by atoms with Crippen molar-refractivity contribution in [2.45, 2.75) is 13.0 Å². The van der Waals surface area contributed by atoms with Crippen molar-refractivity contribution in [3.63, 3.8) is 0 Å². The maximum absolute atomic E-state index is 12.1. The van der Waals surface area contributed by atoms with Crippen LogP contribution < -0.4 is 20.7 Å². The van der Waals surface area contributed by atoms with Crippen LogP contribution in [0.25, 0.3) is 0 Å². The lowest BCUT2D eigenvalue weighted by atomic mass is 10.2. The average Bonchev–Trinajstić information content (AvgIpc) is 2.61. The number of carbonyl (C=O) groups excluding carboxylic acids is 2. The van der Waals surface area contributed by atoms with Gasteiger partial charge in [0.05, 0.1) is 0 Å². The molecule has 126 valence electrons. The summed E-state index contributed by atoms with van der Waals surface area (Å²) in [5, 5.41) is 7.02. The van der Waals surface area contributed by atoms with E-state index < -0.39 is 0 Å². The third-order valence-corrected chi connectivity index (χ3v) is 3.45. The molecule has 2 amide bonds. The van der Waals surface area contributed by atoms with E-state index in [2.05, 4.69) is 10.6 Å². The van der Waals surface area contributed by atoms with Gasteiger partial charge < -0.3 is 20.7 Å². The minimum atomic E-state index is -0.359. The molecular formula is C18H22N3O3+. The van der Waals surface area contributed by atoms with E-state index in [9.17, 15) is 9.59 Å². The maximum atomic E-state index is 12.1. The second-order valence-electron chi connectivity index (χ2n) is 5.33. The highest BCUT2D eigenvalue weighted by Crippen LogP contribution is 2.22. The van der Waals surface area contributed by atoms with Gasteiger partial charge in [-0.3, -0.25) is 9.59 Å². The Morgan fingerprint density at radius 2 is 1.67 bits per heavy atom. The first-order chi connectivity index (χ1) is 11.6. The van der Waals surface area contributed by atoms with Gasteiger partial charge in [-0.05, 0) is 43.3 Å². The fourth-order valence-electron chi connectivity index (χ4n) is 1.98. The summed E-state index contributed by atoms with van der Waals surface area (Å²) in [7, 11) is 1.57. The Bertz CT molecular complexity index is 672. The molecule has 0 aliphatic rings. The van der Waals surface area contributed by atoms with Crippen LogP contribution in [0, 0.1) is 0 Å². The molecule has 0 radical (unpaired) electrons. The molecule has 0 saturated heterocycles. The van der Waals surface area contributed by atoms with Crippen LogP contribution in [-0.2, 0) is 9.59 Å². The number of quaternary nitrogens is 1. The van der Waals surface area contributed by atoms with Crippen LogP contribution in [0.3, 0.4) is 0 Å². The maximum Gasteiger partial charge on any atom is 0.282 e. The first kappa shape index (κ1) is 17.5. The molecule has 2 aromatic carbocycles. The Labute approximate surface area is 141 Å². The van der Waals surface area contributed by atoms with Crippen LogP contribution in [-0.4, -0.2) is 31.4 Å². The Morgan fingerprint density at radius 3 is 2.29 bits per heavy atom. The third kappa shape index (κ3) is 5.40. The highest BCUT2D eigenvalue weighted by atomic mass is 16.5. The normalized spacial score (nSPS) is 11.4. The molecular weight excluding hydrogens is 306 g/mol. The van der Waals surface area contributed by atoms with E-state index in [1.165, 1.54) is 0 Å². The van der Waals surface area contributed by atoms with Crippen LogP contribution in [0.4, 0.5) is 5.69 Å². The Morgan fingerprint density at radius 1 is 1.04 bits per heavy atom. The molecule has 0 fully saturated rings. The van der Waals surface area contributed by atoms with Gasteiger partial charge in [-0.25, -0.2) is 0 Å². The second-order valence-corrected chi connectivity index (χ2v) is 5.33. The van der Waals surface area contributed by atoms with Gasteiger partial charge in [-0.15, -0.1) is 0 Å². The van der Waals surface area contributed by atoms with Crippen molar-refractivity contribution < 1.29 is 19.6 Å². The van der Waals surface area contributed by atoms with E-state index in [0.29, 0.717) is 11.4 Å². The molecule has 0 saturated carbocycles. The predicted octanol–water partition coefficient (Wildman–Crippen LogP) is 1.12. The summed E-state index contributed by atoms with van der Waals surface area (Å²) in [5.74, 6) is 1.18. The van der Waals surface area contributed by atoms with E-state index in [-0.39, 0.29) is 24.4 Å². The number of nitrogens with one attached hydrogen (secondary N) is 2. The highest BCUT2D eigenvalue weighted by Gasteiger charge is 2.17. The second kappa shape index (κ2) is 8.69. The zero-order valence-corrected chi connectivity index (χ0v) is 13.8. The molecule has 0 aliphatic heterocycles. The number of benzene rings is 2. The average molecular weight is 328 g/mol. The summed E-state index contributed by atoms with van der Waals surface area (Å²) in [5.41, 5.74) is 0.681. The smallest absolute Gasteiger partial charge is 0.282 e. The van der Waals surface area contributed by atoms with Gasteiger partial charge in [0.25, 0.3) is 11.8 Å². The number of hydrogen-bond acceptors (Lipinski definition) is 3. The number of amides is 2. The highest BCUT2D eigenvalue weighted by molar-refractivity contribution is 5.93. The zero-order chi connectivity index (χ0) is 17.4. The van der Waals surface area contributed by atoms with Crippen molar-refractivity contribution in [2.24, 2.45) is 0 Å². The summed E-state index contributed by atoms with van der Waals surface area (Å²) in [6, 6.07) is 16.3. The standard InChI is InChI=1S/C18H21N3O3/c1-13(20-12-17(22)19-2)18(23)21-14-8-10-16(11-9-14)24-15-6-4-3-5-7-15/h3-11,13,20H,12H2,1-2H3,(H,19,22)(H,21,23)/p+1/t13-/m1/s1. The molecule has 0 spiro atoms. The molecule has 6 nitrogen and oxygen atoms in total. The lowest BCUT2D eigenvalue weighted by Crippen LogP contribution is -2.93. The summed E-state index contributed by atoms with van der Waals surface area (Å²) < 4.78 is 5.70. The number of rotatable bonds is 7. The predicted molar refractivity (Wildman–Crippen MR) is 91.9 cm³/mol. The Hall–Kier alpha value is -2.86. The molecule has 4 N–H and O–H groups in total. The number of hydrogen-bond donors (Lipinski definition) is 3. The van der Waals surface area contributed by atoms with Crippen LogP contribution in [0.5, 0.6) is 11.5 Å². The summed E-state index contributed by atoms with van der Waals surface area (Å²) in [6.07, 6.45) is 0. The van der Waals surface area contributed by atoms with E-state index >= 15 is 0 Å². The summed E-state index contributed by atoms with van der Waals surface area (Å²) >= 11 is 0. The molecule has 0 bridgehead atoms. The molecule has 2 aromatic rings. The SMILES string of the molecule is CNC(=O)C[NH2+][C@H](C)C(=O)Nc1ccc(Oc2ccccc2)cc1. The minimum Gasteiger partial charge on any atom is -0.457 e. The van der Waals surface area contributed by atoms with Gasteiger partial charge in [0, 0.05) is 12.7 Å². The lowest BCUT2D eigenvalue weighted by molar-refractivity contribution is -0.662. The molecule has 0 aliphatic carbocycles. The van der Waals surface area contributed by atoms with Crippen LogP contribution in [0.1, 0.15) is 6.92 Å². The van der Waals surface area contributed by atoms with Gasteiger partial charge in [-0.1, -0.05) is 18.2 Å². The van der Waals surface area contributed by atoms with Gasteiger partial charge in [-0.2, -0.15) is 0 Å². The molecule has 1 atom stereocenters. The van der Waals surface area contributed by atoms with Gasteiger partial charge in [0.2, 0.25) is 0 Å². The number of nitrogens with two attached hydrogens (primary N) is 1. The fourth-order valence-corrected chi connectivity index (χ4v) is 1.98. The fraction of sp³-hybridized carbons (Fsp3) is 0.222. The number of para-hydroxylation sites is 1. The number of likely N-dealkylation sites (N-methyl/N-ethyl adjacent to an activating group) is 1. The lowest BCUT2D eigenvalue weighted by Gasteiger charge is -2.11. The van der Waals surface area contributed by atoms with Crippen molar-refractivity contribution in [3.8, 4) is 11.5 Å². The minimum absolute atomic E-state index is 0.114. The molecule has 0 aromatic heterocycles. The summed E-state index contributed by atoms with van der Waals surface area (Å²) in [4.78, 5) is 23.3. The topological polar surface area (TPSA) is 84.0 Å². The summed E-state index contributed by atoms with van der Waals surface area (Å²) in [6.45, 7) is 1.97. The van der Waals surface area contributed by atoms with E-state index in [4.69, 9.17) is 4.74 Å². The first-order valence-corrected chi connectivity index (χ1v) is 7.76. The zero-order valence-electron chi connectivity index (χ0n) is 13.8. The van der Waals surface area contributed by atoms with E-state index in [0.717, 1.165) is 5.75 Å². The van der Waals surface area contributed by atoms with Gasteiger partial charge in [0.15, 0.2) is 12.6 Å². The van der Waals surface area contributed by atoms with Crippen LogP contribution in [0.15, 0.2) is 54.6 Å². The molecule has 0 unspecified atom stereocenters. The number of anilines is 1. The number of ether oxygens (including phenoxy) is 1. The number of carbonyl (C=O) groups is 2. The van der Waals surface area contributed by atoms with Crippen molar-refractivity contribution >= 4 is 17.5 Å². The van der Waals surface area contributed by atoms with Crippen molar-refractivity contribution in [2.75, 3.05) is 18.9 Å². The van der Waals surface area contributed by atoms with Crippen LogP contribution in [0.2, 0.25) is 0 Å². The van der Waals surface area contributed by atoms with E-state index in [1.54, 1.807) is 43.6 Å². The molecule has 6 heteroatoms. The largest absolute Gasteiger partial charge is 0.457 e. The molecule has 2 rings (SSSR count). The van der Waals surface area contributed by atoms with Crippen molar-refractivity contribution in [1.82, 2.24) is 5.32 Å². The monoisotopic (exact) mass is 328 g/mol. The molecule has 0 heterocycles. The Kier molecular flexibility index (Phi) is 6.33. The quantitative estimate of drug-likeness (QED) is 0.712. The van der Waals surface area contributed by atoms with E-state index in [1.807, 2.05) is 30.3 Å². The van der Waals surface area contributed by atoms with Crippen LogP contribution >= 0.6 is 0 Å². The first-order valence-electron chi connectivity index (χ1n) is 7.76. The van der Waals surface area contributed by atoms with Gasteiger partial charge >= 0.3 is 0 Å². The molecule has 24 heavy (non-hydrogen) atoms.